The molecule has 154 valence electrons. The molecule has 1 amide bonds. The van der Waals surface area contributed by atoms with Gasteiger partial charge in [0.05, 0.1) is 6.42 Å². The number of amides is 1. The Morgan fingerprint density at radius 2 is 1.79 bits per heavy atom. The lowest BCUT2D eigenvalue weighted by molar-refractivity contribution is -0.149. The molecular formula is C23H33NO4. The van der Waals surface area contributed by atoms with Crippen LogP contribution >= 0.6 is 0 Å². The molecule has 1 atom stereocenters. The van der Waals surface area contributed by atoms with Crippen LogP contribution in [0.15, 0.2) is 42.5 Å². The normalized spacial score (nSPS) is 16.4. The highest BCUT2D eigenvalue weighted by Gasteiger charge is 2.33. The maximum absolute atomic E-state index is 12.5. The van der Waals surface area contributed by atoms with Crippen molar-refractivity contribution in [3.63, 3.8) is 0 Å². The van der Waals surface area contributed by atoms with Crippen LogP contribution in [-0.4, -0.2) is 41.8 Å². The highest BCUT2D eigenvalue weighted by atomic mass is 16.6. The summed E-state index contributed by atoms with van der Waals surface area (Å²) in [5.74, 6) is -0.0637. The Bertz CT molecular complexity index is 670. The second-order valence-electron chi connectivity index (χ2n) is 8.39. The molecule has 28 heavy (non-hydrogen) atoms. The molecule has 0 radical (unpaired) electrons. The van der Waals surface area contributed by atoms with Gasteiger partial charge in [0.1, 0.15) is 11.7 Å². The zero-order valence-electron chi connectivity index (χ0n) is 17.6. The molecule has 0 aliphatic carbocycles. The van der Waals surface area contributed by atoms with E-state index in [9.17, 15) is 9.59 Å². The molecule has 1 aliphatic heterocycles. The third-order valence-electron chi connectivity index (χ3n) is 4.93. The second kappa shape index (κ2) is 9.76. The van der Waals surface area contributed by atoms with Crippen molar-refractivity contribution < 1.29 is 19.1 Å². The molecule has 2 rings (SSSR count). The molecule has 0 N–H and O–H groups in total. The van der Waals surface area contributed by atoms with Crippen LogP contribution in [-0.2, 0) is 20.7 Å². The fourth-order valence-electron chi connectivity index (χ4n) is 3.37. The Balaban J connectivity index is 1.94. The summed E-state index contributed by atoms with van der Waals surface area (Å²) in [4.78, 5) is 26.5. The molecule has 1 fully saturated rings. The maximum atomic E-state index is 12.5. The summed E-state index contributed by atoms with van der Waals surface area (Å²) in [6, 6.07) is 9.60. The average Bonchev–Trinajstić information content (AvgIpc) is 2.65. The van der Waals surface area contributed by atoms with E-state index in [1.54, 1.807) is 4.90 Å². The highest BCUT2D eigenvalue weighted by molar-refractivity contribution is 5.73. The van der Waals surface area contributed by atoms with E-state index in [4.69, 9.17) is 9.47 Å². The van der Waals surface area contributed by atoms with Crippen molar-refractivity contribution in [1.82, 2.24) is 4.90 Å². The van der Waals surface area contributed by atoms with E-state index in [1.807, 2.05) is 58.0 Å². The molecule has 1 heterocycles. The predicted octanol–water partition coefficient (Wildman–Crippen LogP) is 4.75. The number of hydrogen-bond donors (Lipinski definition) is 0. The first-order chi connectivity index (χ1) is 13.2. The molecule has 0 saturated carbocycles. The third-order valence-corrected chi connectivity index (χ3v) is 4.93. The van der Waals surface area contributed by atoms with Crippen LogP contribution in [0.25, 0.3) is 0 Å². The number of piperidine rings is 1. The summed E-state index contributed by atoms with van der Waals surface area (Å²) in [6.07, 6.45) is 1.96. The van der Waals surface area contributed by atoms with Gasteiger partial charge in [0.15, 0.2) is 0 Å². The van der Waals surface area contributed by atoms with Crippen LogP contribution < -0.4 is 0 Å². The van der Waals surface area contributed by atoms with E-state index in [-0.39, 0.29) is 30.5 Å². The van der Waals surface area contributed by atoms with Crippen molar-refractivity contribution in [2.75, 3.05) is 13.1 Å². The van der Waals surface area contributed by atoms with Gasteiger partial charge >= 0.3 is 12.1 Å². The number of nitrogens with zero attached hydrogens (tertiary/aromatic N) is 1. The molecule has 5 heteroatoms. The molecule has 1 aromatic carbocycles. The van der Waals surface area contributed by atoms with Crippen LogP contribution in [0.1, 0.15) is 52.5 Å². The SMILES string of the molecule is C=C(CC)[C@@H](OC(=O)Cc1ccccc1)C1CCN(C(=O)OC(C)(C)C)CC1. The quantitative estimate of drug-likeness (QED) is 0.522. The first kappa shape index (κ1) is 22.0. The number of carbonyl (C=O) groups excluding carboxylic acids is 2. The van der Waals surface area contributed by atoms with Gasteiger partial charge in [-0.05, 0) is 51.2 Å². The van der Waals surface area contributed by atoms with Crippen LogP contribution in [0.5, 0.6) is 0 Å². The van der Waals surface area contributed by atoms with E-state index in [0.717, 1.165) is 30.4 Å². The van der Waals surface area contributed by atoms with E-state index < -0.39 is 5.60 Å². The number of esters is 1. The Morgan fingerprint density at radius 1 is 1.18 bits per heavy atom. The summed E-state index contributed by atoms with van der Waals surface area (Å²) in [6.45, 7) is 13.0. The molecule has 0 unspecified atom stereocenters. The molecule has 1 aromatic rings. The van der Waals surface area contributed by atoms with E-state index >= 15 is 0 Å². The van der Waals surface area contributed by atoms with Crippen molar-refractivity contribution in [2.24, 2.45) is 5.92 Å². The van der Waals surface area contributed by atoms with Crippen molar-refractivity contribution in [2.45, 2.75) is 65.1 Å². The lowest BCUT2D eigenvalue weighted by Gasteiger charge is -2.37. The molecule has 0 aromatic heterocycles. The summed E-state index contributed by atoms with van der Waals surface area (Å²) < 4.78 is 11.3. The summed E-state index contributed by atoms with van der Waals surface area (Å²) in [7, 11) is 0. The zero-order chi connectivity index (χ0) is 20.7. The Hall–Kier alpha value is -2.30. The van der Waals surface area contributed by atoms with Crippen molar-refractivity contribution in [1.29, 1.82) is 0 Å². The largest absolute Gasteiger partial charge is 0.457 e. The average molecular weight is 388 g/mol. The Kier molecular flexibility index (Phi) is 7.67. The van der Waals surface area contributed by atoms with E-state index in [1.165, 1.54) is 0 Å². The van der Waals surface area contributed by atoms with Gasteiger partial charge in [-0.3, -0.25) is 4.79 Å². The summed E-state index contributed by atoms with van der Waals surface area (Å²) >= 11 is 0. The lowest BCUT2D eigenvalue weighted by atomic mass is 9.87. The van der Waals surface area contributed by atoms with E-state index in [2.05, 4.69) is 6.58 Å². The van der Waals surface area contributed by atoms with Crippen LogP contribution in [0.4, 0.5) is 4.79 Å². The number of benzene rings is 1. The number of likely N-dealkylation sites (tertiary alicyclic amines) is 1. The minimum atomic E-state index is -0.500. The third kappa shape index (κ3) is 6.70. The lowest BCUT2D eigenvalue weighted by Crippen LogP contribution is -2.44. The molecule has 1 saturated heterocycles. The van der Waals surface area contributed by atoms with E-state index in [0.29, 0.717) is 13.1 Å². The maximum Gasteiger partial charge on any atom is 0.410 e. The van der Waals surface area contributed by atoms with Gasteiger partial charge in [0, 0.05) is 19.0 Å². The van der Waals surface area contributed by atoms with Crippen LogP contribution in [0, 0.1) is 5.92 Å². The fourth-order valence-corrected chi connectivity index (χ4v) is 3.37. The van der Waals surface area contributed by atoms with Crippen molar-refractivity contribution in [3.05, 3.63) is 48.0 Å². The number of hydrogen-bond acceptors (Lipinski definition) is 4. The van der Waals surface area contributed by atoms with Gasteiger partial charge in [-0.25, -0.2) is 4.79 Å². The molecule has 0 spiro atoms. The molecule has 5 nitrogen and oxygen atoms in total. The summed E-state index contributed by atoms with van der Waals surface area (Å²) in [5, 5.41) is 0. The second-order valence-corrected chi connectivity index (χ2v) is 8.39. The monoisotopic (exact) mass is 387 g/mol. The number of ether oxygens (including phenoxy) is 2. The van der Waals surface area contributed by atoms with Gasteiger partial charge in [-0.1, -0.05) is 43.8 Å². The first-order valence-electron chi connectivity index (χ1n) is 10.1. The molecular weight excluding hydrogens is 354 g/mol. The molecule has 1 aliphatic rings. The van der Waals surface area contributed by atoms with Gasteiger partial charge in [-0.15, -0.1) is 0 Å². The predicted molar refractivity (Wildman–Crippen MR) is 110 cm³/mol. The topological polar surface area (TPSA) is 55.8 Å². The highest BCUT2D eigenvalue weighted by Crippen LogP contribution is 2.29. The standard InChI is InChI=1S/C23H33NO4/c1-6-17(2)21(27-20(25)16-18-10-8-7-9-11-18)19-12-14-24(15-13-19)22(26)28-23(3,4)5/h7-11,19,21H,2,6,12-16H2,1,3-5H3/t21-/m1/s1. The van der Waals surface area contributed by atoms with Crippen LogP contribution in [0.3, 0.4) is 0 Å². The van der Waals surface area contributed by atoms with Crippen LogP contribution in [0.2, 0.25) is 0 Å². The van der Waals surface area contributed by atoms with Gasteiger partial charge in [0.25, 0.3) is 0 Å². The van der Waals surface area contributed by atoms with Gasteiger partial charge in [-0.2, -0.15) is 0 Å². The Labute approximate surface area is 168 Å². The first-order valence-corrected chi connectivity index (χ1v) is 10.1. The minimum absolute atomic E-state index is 0.172. The van der Waals surface area contributed by atoms with Crippen molar-refractivity contribution >= 4 is 12.1 Å². The number of carbonyl (C=O) groups is 2. The summed E-state index contributed by atoms with van der Waals surface area (Å²) in [5.41, 5.74) is 1.37. The Morgan fingerprint density at radius 3 is 2.32 bits per heavy atom. The zero-order valence-corrected chi connectivity index (χ0v) is 17.6. The van der Waals surface area contributed by atoms with Crippen molar-refractivity contribution in [3.8, 4) is 0 Å². The van der Waals surface area contributed by atoms with Gasteiger partial charge < -0.3 is 14.4 Å². The molecule has 0 bridgehead atoms. The number of rotatable bonds is 6. The fraction of sp³-hybridized carbons (Fsp3) is 0.565. The smallest absolute Gasteiger partial charge is 0.410 e. The van der Waals surface area contributed by atoms with Gasteiger partial charge in [0.2, 0.25) is 0 Å². The minimum Gasteiger partial charge on any atom is -0.457 e.